The first-order valence-electron chi connectivity index (χ1n) is 8.28. The lowest BCUT2D eigenvalue weighted by atomic mass is 10.4. The zero-order chi connectivity index (χ0) is 19.4. The number of sulfonamides is 1. The summed E-state index contributed by atoms with van der Waals surface area (Å²) >= 11 is 0. The zero-order valence-electron chi connectivity index (χ0n) is 14.3. The molecule has 1 aromatic carbocycles. The molecule has 27 heavy (non-hydrogen) atoms. The van der Waals surface area contributed by atoms with Crippen LogP contribution in [0.1, 0.15) is 12.2 Å². The van der Waals surface area contributed by atoms with Gasteiger partial charge in [0.2, 0.25) is 10.0 Å². The van der Waals surface area contributed by atoms with Crippen LogP contribution in [0.3, 0.4) is 0 Å². The summed E-state index contributed by atoms with van der Waals surface area (Å²) in [6.07, 6.45) is 3.96. The molecule has 1 aliphatic heterocycles. The Morgan fingerprint density at radius 2 is 1.81 bits per heavy atom. The van der Waals surface area contributed by atoms with E-state index in [4.69, 9.17) is 4.42 Å². The predicted octanol–water partition coefficient (Wildman–Crippen LogP) is 2.69. The first-order valence-corrected chi connectivity index (χ1v) is 9.72. The molecule has 0 aliphatic carbocycles. The second kappa shape index (κ2) is 7.89. The van der Waals surface area contributed by atoms with Gasteiger partial charge < -0.3 is 9.32 Å². The Morgan fingerprint density at radius 3 is 2.48 bits per heavy atom. The minimum atomic E-state index is -3.68. The molecule has 1 aliphatic rings. The van der Waals surface area contributed by atoms with Gasteiger partial charge in [-0.3, -0.25) is 10.1 Å². The van der Waals surface area contributed by atoms with Crippen molar-refractivity contribution in [3.05, 3.63) is 64.3 Å². The van der Waals surface area contributed by atoms with Gasteiger partial charge in [-0.2, -0.15) is 4.31 Å². The molecule has 1 fully saturated rings. The number of halogens is 1. The Hall–Kier alpha value is -2.72. The third kappa shape index (κ3) is 4.52. The number of nitro groups is 1. The summed E-state index contributed by atoms with van der Waals surface area (Å²) in [4.78, 5) is 12.0. The molecule has 0 unspecified atom stereocenters. The predicted molar refractivity (Wildman–Crippen MR) is 95.7 cm³/mol. The number of hydrogen-bond donors (Lipinski definition) is 0. The van der Waals surface area contributed by atoms with Crippen molar-refractivity contribution in [2.75, 3.05) is 26.2 Å². The summed E-state index contributed by atoms with van der Waals surface area (Å²) < 4.78 is 44.9. The SMILES string of the molecule is O=[N+]([O-])c1ccc(/C=C/N2CCCN(S(=O)(=O)c3ccc(F)cc3)CC2)o1. The summed E-state index contributed by atoms with van der Waals surface area (Å²) in [5.74, 6) is -0.469. The Labute approximate surface area is 155 Å². The van der Waals surface area contributed by atoms with Crippen molar-refractivity contribution in [1.82, 2.24) is 9.21 Å². The Balaban J connectivity index is 1.65. The Bertz CT molecular complexity index is 940. The minimum Gasteiger partial charge on any atom is -0.401 e. The standard InChI is InChI=1S/C17H18FN3O5S/c18-14-2-5-16(6-3-14)27(24,25)20-10-1-9-19(12-13-20)11-8-15-4-7-17(26-15)21(22)23/h2-8,11H,1,9-10,12-13H2/b11-8+. The van der Waals surface area contributed by atoms with Gasteiger partial charge in [0.1, 0.15) is 16.5 Å². The number of benzene rings is 1. The normalized spacial score (nSPS) is 16.6. The van der Waals surface area contributed by atoms with E-state index in [1.807, 2.05) is 4.90 Å². The van der Waals surface area contributed by atoms with Crippen molar-refractivity contribution in [2.24, 2.45) is 0 Å². The highest BCUT2D eigenvalue weighted by Crippen LogP contribution is 2.19. The van der Waals surface area contributed by atoms with Crippen LogP contribution in [0.25, 0.3) is 6.08 Å². The second-order valence-corrected chi connectivity index (χ2v) is 7.93. The van der Waals surface area contributed by atoms with Gasteiger partial charge in [0.05, 0.1) is 11.0 Å². The lowest BCUT2D eigenvalue weighted by Crippen LogP contribution is -2.34. The van der Waals surface area contributed by atoms with E-state index < -0.39 is 20.8 Å². The second-order valence-electron chi connectivity index (χ2n) is 6.00. The van der Waals surface area contributed by atoms with E-state index >= 15 is 0 Å². The molecule has 0 radical (unpaired) electrons. The van der Waals surface area contributed by atoms with Crippen LogP contribution in [-0.2, 0) is 10.0 Å². The van der Waals surface area contributed by atoms with Crippen LogP contribution < -0.4 is 0 Å². The molecule has 10 heteroatoms. The molecule has 0 amide bonds. The molecule has 3 rings (SSSR count). The summed E-state index contributed by atoms with van der Waals surface area (Å²) in [6.45, 7) is 1.73. The van der Waals surface area contributed by atoms with Crippen LogP contribution in [0.2, 0.25) is 0 Å². The Morgan fingerprint density at radius 1 is 1.07 bits per heavy atom. The molecule has 2 aromatic rings. The maximum Gasteiger partial charge on any atom is 0.433 e. The van der Waals surface area contributed by atoms with E-state index in [0.717, 1.165) is 12.1 Å². The minimum absolute atomic E-state index is 0.0655. The highest BCUT2D eigenvalue weighted by Gasteiger charge is 2.26. The number of furan rings is 1. The first kappa shape index (κ1) is 19.1. The fourth-order valence-electron chi connectivity index (χ4n) is 2.77. The molecule has 2 heterocycles. The molecule has 0 N–H and O–H groups in total. The largest absolute Gasteiger partial charge is 0.433 e. The number of rotatable bonds is 5. The first-order chi connectivity index (χ1) is 12.9. The summed E-state index contributed by atoms with van der Waals surface area (Å²) in [5, 5.41) is 10.6. The van der Waals surface area contributed by atoms with E-state index in [1.165, 1.54) is 28.6 Å². The maximum atomic E-state index is 13.0. The van der Waals surface area contributed by atoms with E-state index in [-0.39, 0.29) is 17.3 Å². The van der Waals surface area contributed by atoms with Crippen molar-refractivity contribution in [3.8, 4) is 0 Å². The number of nitrogens with zero attached hydrogens (tertiary/aromatic N) is 3. The maximum absolute atomic E-state index is 13.0. The molecule has 0 spiro atoms. The van der Waals surface area contributed by atoms with Crippen molar-refractivity contribution < 1.29 is 22.1 Å². The van der Waals surface area contributed by atoms with Gasteiger partial charge in [-0.05, 0) is 42.8 Å². The monoisotopic (exact) mass is 395 g/mol. The summed E-state index contributed by atoms with van der Waals surface area (Å²) in [5.41, 5.74) is 0. The van der Waals surface area contributed by atoms with Gasteiger partial charge in [-0.25, -0.2) is 12.8 Å². The van der Waals surface area contributed by atoms with Gasteiger partial charge >= 0.3 is 5.88 Å². The fraction of sp³-hybridized carbons (Fsp3) is 0.294. The highest BCUT2D eigenvalue weighted by molar-refractivity contribution is 7.89. The van der Waals surface area contributed by atoms with Crippen LogP contribution in [0.5, 0.6) is 0 Å². The lowest BCUT2D eigenvalue weighted by molar-refractivity contribution is -0.402. The van der Waals surface area contributed by atoms with Crippen LogP contribution in [0, 0.1) is 15.9 Å². The average molecular weight is 395 g/mol. The molecule has 1 saturated heterocycles. The van der Waals surface area contributed by atoms with Crippen molar-refractivity contribution in [2.45, 2.75) is 11.3 Å². The topological polar surface area (TPSA) is 96.9 Å². The van der Waals surface area contributed by atoms with Gasteiger partial charge in [0.15, 0.2) is 0 Å². The zero-order valence-corrected chi connectivity index (χ0v) is 15.1. The molecule has 1 aromatic heterocycles. The van der Waals surface area contributed by atoms with Crippen LogP contribution in [0.15, 0.2) is 51.9 Å². The van der Waals surface area contributed by atoms with Gasteiger partial charge in [-0.15, -0.1) is 0 Å². The van der Waals surface area contributed by atoms with Gasteiger partial charge in [-0.1, -0.05) is 0 Å². The number of hydrogen-bond acceptors (Lipinski definition) is 6. The summed E-state index contributed by atoms with van der Waals surface area (Å²) in [6, 6.07) is 7.55. The van der Waals surface area contributed by atoms with Crippen LogP contribution in [-0.4, -0.2) is 48.7 Å². The average Bonchev–Trinajstić information content (AvgIpc) is 2.98. The van der Waals surface area contributed by atoms with Gasteiger partial charge in [0, 0.05) is 32.4 Å². The lowest BCUT2D eigenvalue weighted by Gasteiger charge is -2.20. The molecular weight excluding hydrogens is 377 g/mol. The smallest absolute Gasteiger partial charge is 0.401 e. The third-order valence-corrected chi connectivity index (χ3v) is 6.10. The van der Waals surface area contributed by atoms with E-state index in [1.54, 1.807) is 12.3 Å². The van der Waals surface area contributed by atoms with Crippen LogP contribution >= 0.6 is 0 Å². The van der Waals surface area contributed by atoms with E-state index in [9.17, 15) is 22.9 Å². The molecular formula is C17H18FN3O5S. The van der Waals surface area contributed by atoms with Crippen molar-refractivity contribution in [3.63, 3.8) is 0 Å². The van der Waals surface area contributed by atoms with Crippen molar-refractivity contribution >= 4 is 22.0 Å². The molecule has 8 nitrogen and oxygen atoms in total. The molecule has 144 valence electrons. The third-order valence-electron chi connectivity index (χ3n) is 4.18. The highest BCUT2D eigenvalue weighted by atomic mass is 32.2. The van der Waals surface area contributed by atoms with E-state index in [2.05, 4.69) is 0 Å². The summed E-state index contributed by atoms with van der Waals surface area (Å²) in [7, 11) is -3.68. The van der Waals surface area contributed by atoms with Gasteiger partial charge in [0.25, 0.3) is 0 Å². The van der Waals surface area contributed by atoms with Crippen LogP contribution in [0.4, 0.5) is 10.3 Å². The molecule has 0 atom stereocenters. The molecule has 0 saturated carbocycles. The molecule has 0 bridgehead atoms. The fourth-order valence-corrected chi connectivity index (χ4v) is 4.24. The quantitative estimate of drug-likeness (QED) is 0.570. The van der Waals surface area contributed by atoms with E-state index in [0.29, 0.717) is 31.8 Å². The van der Waals surface area contributed by atoms with Crippen molar-refractivity contribution in [1.29, 1.82) is 0 Å². The Kier molecular flexibility index (Phi) is 5.57.